The average Bonchev–Trinajstić information content (AvgIpc) is 2.80. The lowest BCUT2D eigenvalue weighted by molar-refractivity contribution is 0.0921. The first-order chi connectivity index (χ1) is 10.1. The van der Waals surface area contributed by atoms with E-state index in [1.165, 1.54) is 20.0 Å². The van der Waals surface area contributed by atoms with Gasteiger partial charge in [0.1, 0.15) is 5.75 Å². The predicted octanol–water partition coefficient (Wildman–Crippen LogP) is 1.94. The summed E-state index contributed by atoms with van der Waals surface area (Å²) in [5, 5.41) is 7.02. The molecule has 2 aliphatic rings. The number of amides is 1. The van der Waals surface area contributed by atoms with Gasteiger partial charge in [-0.2, -0.15) is 0 Å². The Kier molecular flexibility index (Phi) is 3.95. The number of fused-ring (bicyclic) bond motifs is 2. The standard InChI is InChI=1S/C15H20ClN3O2/c1-21-14-7-13(17)12(16)6-11(14)15(20)19-10-4-8-2-3-9(5-10)18-8/h6-10,18H,2-5,17H2,1H3,(H,19,20)/t8-,9+,10?. The summed E-state index contributed by atoms with van der Waals surface area (Å²) in [6.45, 7) is 0. The zero-order valence-corrected chi connectivity index (χ0v) is 12.7. The Bertz CT molecular complexity index is 552. The molecule has 3 rings (SSSR count). The smallest absolute Gasteiger partial charge is 0.255 e. The molecular formula is C15H20ClN3O2. The molecule has 3 atom stereocenters. The molecule has 2 bridgehead atoms. The third-order valence-electron chi connectivity index (χ3n) is 4.37. The molecule has 1 unspecified atom stereocenters. The summed E-state index contributed by atoms with van der Waals surface area (Å²) < 4.78 is 5.23. The van der Waals surface area contributed by atoms with Crippen LogP contribution in [0.15, 0.2) is 12.1 Å². The van der Waals surface area contributed by atoms with Crippen LogP contribution in [-0.4, -0.2) is 31.1 Å². The van der Waals surface area contributed by atoms with Gasteiger partial charge in [0.25, 0.3) is 5.91 Å². The number of nitrogen functional groups attached to an aromatic ring is 1. The van der Waals surface area contributed by atoms with E-state index >= 15 is 0 Å². The molecule has 114 valence electrons. The SMILES string of the molecule is COc1cc(N)c(Cl)cc1C(=O)NC1C[C@H]2CC[C@@H](C1)N2. The number of methoxy groups -OCH3 is 1. The number of nitrogens with two attached hydrogens (primary N) is 1. The van der Waals surface area contributed by atoms with Gasteiger partial charge in [-0.15, -0.1) is 0 Å². The molecule has 0 radical (unpaired) electrons. The maximum absolute atomic E-state index is 12.5. The summed E-state index contributed by atoms with van der Waals surface area (Å²) in [4.78, 5) is 12.5. The molecule has 0 saturated carbocycles. The number of benzene rings is 1. The Morgan fingerprint density at radius 2 is 2.05 bits per heavy atom. The van der Waals surface area contributed by atoms with Gasteiger partial charge in [0.2, 0.25) is 0 Å². The molecule has 1 amide bonds. The maximum Gasteiger partial charge on any atom is 0.255 e. The van der Waals surface area contributed by atoms with E-state index in [4.69, 9.17) is 22.1 Å². The summed E-state index contributed by atoms with van der Waals surface area (Å²) in [6, 6.07) is 4.43. The molecule has 21 heavy (non-hydrogen) atoms. The van der Waals surface area contributed by atoms with Crippen LogP contribution in [0.2, 0.25) is 5.02 Å². The summed E-state index contributed by atoms with van der Waals surface area (Å²) >= 11 is 6.02. The summed E-state index contributed by atoms with van der Waals surface area (Å²) in [6.07, 6.45) is 4.36. The van der Waals surface area contributed by atoms with Crippen molar-refractivity contribution < 1.29 is 9.53 Å². The van der Waals surface area contributed by atoms with Crippen molar-refractivity contribution in [3.63, 3.8) is 0 Å². The first-order valence-electron chi connectivity index (χ1n) is 7.26. The van der Waals surface area contributed by atoms with E-state index < -0.39 is 0 Å². The van der Waals surface area contributed by atoms with Crippen molar-refractivity contribution in [2.24, 2.45) is 0 Å². The molecule has 0 aliphatic carbocycles. The van der Waals surface area contributed by atoms with Crippen LogP contribution in [0.3, 0.4) is 0 Å². The number of ether oxygens (including phenoxy) is 1. The van der Waals surface area contributed by atoms with Gasteiger partial charge in [0.15, 0.2) is 0 Å². The summed E-state index contributed by atoms with van der Waals surface area (Å²) in [5.74, 6) is 0.298. The fourth-order valence-electron chi connectivity index (χ4n) is 3.35. The van der Waals surface area contributed by atoms with E-state index in [0.717, 1.165) is 12.8 Å². The molecule has 1 aromatic rings. The highest BCUT2D eigenvalue weighted by atomic mass is 35.5. The Balaban J connectivity index is 1.74. The number of rotatable bonds is 3. The highest BCUT2D eigenvalue weighted by Gasteiger charge is 2.34. The second-order valence-corrected chi connectivity index (χ2v) is 6.26. The van der Waals surface area contributed by atoms with E-state index in [-0.39, 0.29) is 11.9 Å². The molecule has 0 aromatic heterocycles. The van der Waals surface area contributed by atoms with Crippen molar-refractivity contribution in [3.05, 3.63) is 22.7 Å². The topological polar surface area (TPSA) is 76.4 Å². The predicted molar refractivity (Wildman–Crippen MR) is 82.9 cm³/mol. The van der Waals surface area contributed by atoms with Crippen LogP contribution in [0.4, 0.5) is 5.69 Å². The molecule has 6 heteroatoms. The Labute approximate surface area is 129 Å². The van der Waals surface area contributed by atoms with Crippen LogP contribution in [0.25, 0.3) is 0 Å². The fourth-order valence-corrected chi connectivity index (χ4v) is 3.52. The molecule has 0 spiro atoms. The van der Waals surface area contributed by atoms with Crippen LogP contribution in [0.5, 0.6) is 5.75 Å². The van der Waals surface area contributed by atoms with Crippen molar-refractivity contribution in [2.75, 3.05) is 12.8 Å². The second kappa shape index (κ2) is 5.73. The van der Waals surface area contributed by atoms with Gasteiger partial charge in [-0.05, 0) is 31.7 Å². The largest absolute Gasteiger partial charge is 0.496 e. The van der Waals surface area contributed by atoms with Gasteiger partial charge in [0.05, 0.1) is 23.4 Å². The molecule has 1 aromatic carbocycles. The van der Waals surface area contributed by atoms with Gasteiger partial charge in [-0.25, -0.2) is 0 Å². The van der Waals surface area contributed by atoms with Gasteiger partial charge < -0.3 is 21.1 Å². The van der Waals surface area contributed by atoms with Gasteiger partial charge in [-0.1, -0.05) is 11.6 Å². The van der Waals surface area contributed by atoms with Crippen molar-refractivity contribution in [3.8, 4) is 5.75 Å². The summed E-state index contributed by atoms with van der Waals surface area (Å²) in [5.41, 5.74) is 6.58. The van der Waals surface area contributed by atoms with Crippen LogP contribution in [0.1, 0.15) is 36.0 Å². The van der Waals surface area contributed by atoms with E-state index in [1.54, 1.807) is 12.1 Å². The van der Waals surface area contributed by atoms with Crippen LogP contribution >= 0.6 is 11.6 Å². The maximum atomic E-state index is 12.5. The molecule has 2 aliphatic heterocycles. The average molecular weight is 310 g/mol. The lowest BCUT2D eigenvalue weighted by Gasteiger charge is -2.29. The molecule has 2 saturated heterocycles. The van der Waals surface area contributed by atoms with Gasteiger partial charge in [0, 0.05) is 24.2 Å². The van der Waals surface area contributed by atoms with Crippen molar-refractivity contribution in [1.82, 2.24) is 10.6 Å². The highest BCUT2D eigenvalue weighted by molar-refractivity contribution is 6.33. The van der Waals surface area contributed by atoms with Crippen molar-refractivity contribution >= 4 is 23.2 Å². The van der Waals surface area contributed by atoms with Crippen LogP contribution in [0, 0.1) is 0 Å². The first-order valence-corrected chi connectivity index (χ1v) is 7.64. The number of piperidine rings is 1. The number of carbonyl (C=O) groups excluding carboxylic acids is 1. The van der Waals surface area contributed by atoms with Gasteiger partial charge >= 0.3 is 0 Å². The Morgan fingerprint density at radius 3 is 2.67 bits per heavy atom. The number of anilines is 1. The number of halogens is 1. The zero-order valence-electron chi connectivity index (χ0n) is 12.0. The monoisotopic (exact) mass is 309 g/mol. The quantitative estimate of drug-likeness (QED) is 0.746. The van der Waals surface area contributed by atoms with Crippen LogP contribution in [-0.2, 0) is 0 Å². The Hall–Kier alpha value is -1.46. The molecule has 2 heterocycles. The van der Waals surface area contributed by atoms with E-state index in [9.17, 15) is 4.79 Å². The zero-order chi connectivity index (χ0) is 15.0. The van der Waals surface area contributed by atoms with E-state index in [2.05, 4.69) is 10.6 Å². The minimum Gasteiger partial charge on any atom is -0.496 e. The first kappa shape index (κ1) is 14.5. The van der Waals surface area contributed by atoms with Crippen molar-refractivity contribution in [1.29, 1.82) is 0 Å². The minimum atomic E-state index is -0.153. The minimum absolute atomic E-state index is 0.153. The second-order valence-electron chi connectivity index (χ2n) is 5.85. The normalized spacial score (nSPS) is 27.4. The molecule has 4 N–H and O–H groups in total. The van der Waals surface area contributed by atoms with Crippen LogP contribution < -0.4 is 21.1 Å². The highest BCUT2D eigenvalue weighted by Crippen LogP contribution is 2.30. The number of nitrogens with one attached hydrogen (secondary N) is 2. The molecule has 5 nitrogen and oxygen atoms in total. The molecule has 2 fully saturated rings. The third kappa shape index (κ3) is 2.94. The number of carbonyl (C=O) groups is 1. The number of hydrogen-bond donors (Lipinski definition) is 3. The Morgan fingerprint density at radius 1 is 1.38 bits per heavy atom. The lowest BCUT2D eigenvalue weighted by atomic mass is 9.99. The van der Waals surface area contributed by atoms with Gasteiger partial charge in [-0.3, -0.25) is 4.79 Å². The third-order valence-corrected chi connectivity index (χ3v) is 4.70. The molecular weight excluding hydrogens is 290 g/mol. The van der Waals surface area contributed by atoms with Crippen molar-refractivity contribution in [2.45, 2.75) is 43.8 Å². The number of hydrogen-bond acceptors (Lipinski definition) is 4. The fraction of sp³-hybridized carbons (Fsp3) is 0.533. The summed E-state index contributed by atoms with van der Waals surface area (Å²) in [7, 11) is 1.52. The van der Waals surface area contributed by atoms with E-state index in [0.29, 0.717) is 34.1 Å². The van der Waals surface area contributed by atoms with E-state index in [1.807, 2.05) is 0 Å². The lowest BCUT2D eigenvalue weighted by Crippen LogP contribution is -2.48.